The van der Waals surface area contributed by atoms with Crippen molar-refractivity contribution in [3.05, 3.63) is 28.9 Å². The summed E-state index contributed by atoms with van der Waals surface area (Å²) in [7, 11) is 0. The van der Waals surface area contributed by atoms with Gasteiger partial charge in [-0.3, -0.25) is 9.67 Å². The van der Waals surface area contributed by atoms with Gasteiger partial charge in [-0.15, -0.1) is 0 Å². The van der Waals surface area contributed by atoms with Crippen molar-refractivity contribution in [1.82, 2.24) is 19.7 Å². The van der Waals surface area contributed by atoms with Crippen molar-refractivity contribution in [3.8, 4) is 11.5 Å². The number of nitrogens with one attached hydrogen (secondary N) is 1. The molecule has 1 saturated carbocycles. The summed E-state index contributed by atoms with van der Waals surface area (Å²) in [5.41, 5.74) is 0.639. The van der Waals surface area contributed by atoms with Gasteiger partial charge < -0.3 is 0 Å². The maximum absolute atomic E-state index is 12.8. The molecule has 4 nitrogen and oxygen atoms in total. The summed E-state index contributed by atoms with van der Waals surface area (Å²) < 4.78 is 15.3. The fraction of sp³-hybridized carbons (Fsp3) is 0.300. The van der Waals surface area contributed by atoms with Crippen LogP contribution in [0.2, 0.25) is 0 Å². The third-order valence-corrected chi connectivity index (χ3v) is 2.86. The SMILES string of the molecule is Fc1ccc(-c2n[nH]c(=S)n2C2CC2)nc1. The Labute approximate surface area is 96.1 Å². The van der Waals surface area contributed by atoms with Crippen LogP contribution in [0, 0.1) is 10.6 Å². The van der Waals surface area contributed by atoms with Crippen molar-refractivity contribution in [3.63, 3.8) is 0 Å². The number of H-pyrrole nitrogens is 1. The number of hydrogen-bond donors (Lipinski definition) is 1. The molecule has 0 aromatic carbocycles. The van der Waals surface area contributed by atoms with Crippen molar-refractivity contribution in [1.29, 1.82) is 0 Å². The summed E-state index contributed by atoms with van der Waals surface area (Å²) in [4.78, 5) is 4.01. The van der Waals surface area contributed by atoms with Crippen LogP contribution < -0.4 is 0 Å². The molecule has 2 aromatic heterocycles. The van der Waals surface area contributed by atoms with E-state index >= 15 is 0 Å². The Morgan fingerprint density at radius 2 is 2.25 bits per heavy atom. The van der Waals surface area contributed by atoms with E-state index in [9.17, 15) is 4.39 Å². The predicted octanol–water partition coefficient (Wildman–Crippen LogP) is 2.48. The van der Waals surface area contributed by atoms with Gasteiger partial charge in [0.1, 0.15) is 11.5 Å². The quantitative estimate of drug-likeness (QED) is 0.815. The zero-order valence-electron chi connectivity index (χ0n) is 8.35. The molecule has 1 aliphatic rings. The van der Waals surface area contributed by atoms with Gasteiger partial charge in [0.25, 0.3) is 0 Å². The second kappa shape index (κ2) is 3.48. The second-order valence-electron chi connectivity index (χ2n) is 3.82. The highest BCUT2D eigenvalue weighted by molar-refractivity contribution is 7.71. The van der Waals surface area contributed by atoms with E-state index in [4.69, 9.17) is 12.2 Å². The minimum atomic E-state index is -0.351. The van der Waals surface area contributed by atoms with Crippen molar-refractivity contribution in [2.45, 2.75) is 18.9 Å². The van der Waals surface area contributed by atoms with Gasteiger partial charge in [-0.2, -0.15) is 5.10 Å². The summed E-state index contributed by atoms with van der Waals surface area (Å²) in [6.45, 7) is 0. The largest absolute Gasteiger partial charge is 0.296 e. The molecule has 6 heteroatoms. The van der Waals surface area contributed by atoms with Crippen molar-refractivity contribution < 1.29 is 4.39 Å². The average Bonchev–Trinajstić information content (AvgIpc) is 3.04. The molecule has 3 rings (SSSR count). The number of aromatic nitrogens is 4. The van der Waals surface area contributed by atoms with Gasteiger partial charge >= 0.3 is 0 Å². The van der Waals surface area contributed by atoms with E-state index in [0.29, 0.717) is 22.3 Å². The maximum Gasteiger partial charge on any atom is 0.195 e. The normalized spacial score (nSPS) is 15.3. The molecule has 0 amide bonds. The highest BCUT2D eigenvalue weighted by Crippen LogP contribution is 2.37. The Morgan fingerprint density at radius 1 is 1.44 bits per heavy atom. The Kier molecular flexibility index (Phi) is 2.10. The number of nitrogens with zero attached hydrogens (tertiary/aromatic N) is 3. The molecule has 0 bridgehead atoms. The molecular formula is C10H9FN4S. The summed E-state index contributed by atoms with van der Waals surface area (Å²) in [6, 6.07) is 3.41. The average molecular weight is 236 g/mol. The van der Waals surface area contributed by atoms with E-state index in [1.165, 1.54) is 12.3 Å². The van der Waals surface area contributed by atoms with E-state index in [-0.39, 0.29) is 5.82 Å². The number of hydrogen-bond acceptors (Lipinski definition) is 3. The van der Waals surface area contributed by atoms with Crippen LogP contribution in [0.15, 0.2) is 18.3 Å². The van der Waals surface area contributed by atoms with Gasteiger partial charge in [0.05, 0.1) is 6.20 Å². The van der Waals surface area contributed by atoms with E-state index in [1.54, 1.807) is 6.07 Å². The standard InChI is InChI=1S/C10H9FN4S/c11-6-1-4-8(12-5-6)9-13-14-10(16)15(9)7-2-3-7/h1,4-5,7H,2-3H2,(H,14,16). The zero-order chi connectivity index (χ0) is 11.1. The molecule has 0 spiro atoms. The Hall–Kier alpha value is -1.56. The van der Waals surface area contributed by atoms with Crippen LogP contribution in [0.25, 0.3) is 11.5 Å². The molecule has 0 aliphatic heterocycles. The van der Waals surface area contributed by atoms with Gasteiger partial charge in [0.15, 0.2) is 10.6 Å². The highest BCUT2D eigenvalue weighted by atomic mass is 32.1. The van der Waals surface area contributed by atoms with Crippen LogP contribution in [-0.4, -0.2) is 19.7 Å². The van der Waals surface area contributed by atoms with Crippen molar-refractivity contribution >= 4 is 12.2 Å². The van der Waals surface area contributed by atoms with Crippen LogP contribution >= 0.6 is 12.2 Å². The van der Waals surface area contributed by atoms with Gasteiger partial charge in [-0.25, -0.2) is 9.37 Å². The fourth-order valence-electron chi connectivity index (χ4n) is 1.66. The lowest BCUT2D eigenvalue weighted by atomic mass is 10.3. The molecular weight excluding hydrogens is 227 g/mol. The van der Waals surface area contributed by atoms with E-state index < -0.39 is 0 Å². The summed E-state index contributed by atoms with van der Waals surface area (Å²) in [5.74, 6) is 0.336. The highest BCUT2D eigenvalue weighted by Gasteiger charge is 2.27. The summed E-state index contributed by atoms with van der Waals surface area (Å²) >= 11 is 5.16. The van der Waals surface area contributed by atoms with E-state index in [2.05, 4.69) is 15.2 Å². The van der Waals surface area contributed by atoms with Crippen molar-refractivity contribution in [2.75, 3.05) is 0 Å². The molecule has 2 aromatic rings. The number of pyridine rings is 1. The summed E-state index contributed by atoms with van der Waals surface area (Å²) in [5, 5.41) is 6.89. The molecule has 0 radical (unpaired) electrons. The molecule has 0 unspecified atom stereocenters. The third-order valence-electron chi connectivity index (χ3n) is 2.57. The molecule has 1 N–H and O–H groups in total. The minimum Gasteiger partial charge on any atom is -0.296 e. The van der Waals surface area contributed by atoms with Crippen LogP contribution in [0.5, 0.6) is 0 Å². The first-order valence-corrected chi connectivity index (χ1v) is 5.45. The lowest BCUT2D eigenvalue weighted by Crippen LogP contribution is -1.99. The fourth-order valence-corrected chi connectivity index (χ4v) is 1.95. The van der Waals surface area contributed by atoms with Crippen LogP contribution in [0.3, 0.4) is 0 Å². The maximum atomic E-state index is 12.8. The monoisotopic (exact) mass is 236 g/mol. The molecule has 0 atom stereocenters. The topological polar surface area (TPSA) is 46.5 Å². The van der Waals surface area contributed by atoms with Crippen LogP contribution in [-0.2, 0) is 0 Å². The first-order chi connectivity index (χ1) is 7.75. The molecule has 1 aliphatic carbocycles. The van der Waals surface area contributed by atoms with Crippen LogP contribution in [0.4, 0.5) is 4.39 Å². The lowest BCUT2D eigenvalue weighted by molar-refractivity contribution is 0.621. The second-order valence-corrected chi connectivity index (χ2v) is 4.20. The Balaban J connectivity index is 2.12. The lowest BCUT2D eigenvalue weighted by Gasteiger charge is -2.03. The summed E-state index contributed by atoms with van der Waals surface area (Å²) in [6.07, 6.45) is 3.41. The van der Waals surface area contributed by atoms with Crippen molar-refractivity contribution in [2.24, 2.45) is 0 Å². The van der Waals surface area contributed by atoms with Gasteiger partial charge in [0.2, 0.25) is 0 Å². The zero-order valence-corrected chi connectivity index (χ0v) is 9.17. The van der Waals surface area contributed by atoms with E-state index in [0.717, 1.165) is 12.8 Å². The van der Waals surface area contributed by atoms with Gasteiger partial charge in [-0.1, -0.05) is 0 Å². The molecule has 0 saturated heterocycles. The first kappa shape index (κ1) is 9.65. The Bertz CT molecular complexity index is 567. The minimum absolute atomic E-state index is 0.351. The van der Waals surface area contributed by atoms with Crippen LogP contribution in [0.1, 0.15) is 18.9 Å². The number of aromatic amines is 1. The number of halogens is 1. The van der Waals surface area contributed by atoms with Gasteiger partial charge in [0, 0.05) is 6.04 Å². The number of rotatable bonds is 2. The predicted molar refractivity (Wildman–Crippen MR) is 58.9 cm³/mol. The third kappa shape index (κ3) is 1.55. The van der Waals surface area contributed by atoms with Gasteiger partial charge in [-0.05, 0) is 37.2 Å². The smallest absolute Gasteiger partial charge is 0.195 e. The molecule has 2 heterocycles. The van der Waals surface area contributed by atoms with E-state index in [1.807, 2.05) is 4.57 Å². The molecule has 82 valence electrons. The first-order valence-electron chi connectivity index (χ1n) is 5.04. The molecule has 1 fully saturated rings. The Morgan fingerprint density at radius 3 is 2.88 bits per heavy atom. The molecule has 16 heavy (non-hydrogen) atoms.